The number of likely N-dealkylation sites (N-methyl/N-ethyl adjacent to an activating group) is 1. The Kier molecular flexibility index (Phi) is 11.2. The average molecular weight is 498 g/mol. The first-order valence-electron chi connectivity index (χ1n) is 9.44. The Bertz CT molecular complexity index is 456. The van der Waals surface area contributed by atoms with E-state index >= 15 is 0 Å². The molecule has 6 nitrogen and oxygen atoms in total. The molecule has 0 aromatic heterocycles. The Morgan fingerprint density at radius 3 is 2.77 bits per heavy atom. The second-order valence-electron chi connectivity index (χ2n) is 7.40. The summed E-state index contributed by atoms with van der Waals surface area (Å²) in [7, 11) is 3.54. The van der Waals surface area contributed by atoms with Gasteiger partial charge in [-0.3, -0.25) is 4.79 Å². The standard InChI is InChI=1S/C18H34N4O2S.HI/c1-14(2)16-13-22(8-10-25-16)18(20-12-17(23)21(3)4)19-11-15-7-5-6-9-24-15;/h14-16H,5-13H2,1-4H3,(H,19,20);1H. The van der Waals surface area contributed by atoms with E-state index in [-0.39, 0.29) is 42.5 Å². The van der Waals surface area contributed by atoms with Gasteiger partial charge in [0.2, 0.25) is 5.91 Å². The van der Waals surface area contributed by atoms with Crippen LogP contribution in [0.4, 0.5) is 0 Å². The highest BCUT2D eigenvalue weighted by Crippen LogP contribution is 2.25. The molecule has 2 aliphatic rings. The maximum atomic E-state index is 12.0. The van der Waals surface area contributed by atoms with Crippen LogP contribution in [0.25, 0.3) is 0 Å². The van der Waals surface area contributed by atoms with E-state index in [0.29, 0.717) is 11.2 Å². The molecule has 2 fully saturated rings. The van der Waals surface area contributed by atoms with Crippen molar-refractivity contribution in [3.63, 3.8) is 0 Å². The molecule has 152 valence electrons. The lowest BCUT2D eigenvalue weighted by Gasteiger charge is -2.37. The third-order valence-corrected chi connectivity index (χ3v) is 6.30. The van der Waals surface area contributed by atoms with E-state index in [4.69, 9.17) is 4.74 Å². The minimum Gasteiger partial charge on any atom is -0.376 e. The molecule has 2 rings (SSSR count). The Labute approximate surface area is 179 Å². The van der Waals surface area contributed by atoms with Gasteiger partial charge in [0.1, 0.15) is 6.54 Å². The van der Waals surface area contributed by atoms with Gasteiger partial charge in [-0.05, 0) is 25.2 Å². The lowest BCUT2D eigenvalue weighted by molar-refractivity contribution is -0.127. The third kappa shape index (κ3) is 7.80. The average Bonchev–Trinajstić information content (AvgIpc) is 2.62. The zero-order valence-electron chi connectivity index (χ0n) is 16.6. The van der Waals surface area contributed by atoms with Crippen LogP contribution in [0.15, 0.2) is 4.99 Å². The normalized spacial score (nSPS) is 24.2. The smallest absolute Gasteiger partial charge is 0.243 e. The van der Waals surface area contributed by atoms with E-state index in [0.717, 1.165) is 50.8 Å². The van der Waals surface area contributed by atoms with Crippen molar-refractivity contribution in [1.82, 2.24) is 15.1 Å². The van der Waals surface area contributed by atoms with E-state index in [1.807, 2.05) is 11.8 Å². The Morgan fingerprint density at radius 2 is 2.15 bits per heavy atom. The molecule has 1 N–H and O–H groups in total. The van der Waals surface area contributed by atoms with Crippen molar-refractivity contribution in [2.75, 3.05) is 52.6 Å². The summed E-state index contributed by atoms with van der Waals surface area (Å²) in [5, 5.41) is 4.09. The molecule has 0 aromatic rings. The predicted molar refractivity (Wildman–Crippen MR) is 121 cm³/mol. The molecule has 0 aliphatic carbocycles. The Hall–Kier alpha value is -0.220. The topological polar surface area (TPSA) is 57.2 Å². The van der Waals surface area contributed by atoms with Gasteiger partial charge in [0.25, 0.3) is 0 Å². The first-order valence-corrected chi connectivity index (χ1v) is 10.5. The summed E-state index contributed by atoms with van der Waals surface area (Å²) in [6.45, 7) is 8.32. The molecular formula is C18H35IN4O2S. The molecule has 0 spiro atoms. The van der Waals surface area contributed by atoms with Gasteiger partial charge in [0.05, 0.1) is 6.10 Å². The quantitative estimate of drug-likeness (QED) is 0.358. The second kappa shape index (κ2) is 12.3. The van der Waals surface area contributed by atoms with E-state index in [9.17, 15) is 4.79 Å². The zero-order valence-corrected chi connectivity index (χ0v) is 19.7. The number of carbonyl (C=O) groups is 1. The van der Waals surface area contributed by atoms with Crippen LogP contribution in [-0.4, -0.2) is 85.7 Å². The molecule has 0 bridgehead atoms. The predicted octanol–water partition coefficient (Wildman–Crippen LogP) is 2.28. The van der Waals surface area contributed by atoms with Crippen LogP contribution in [0, 0.1) is 5.92 Å². The van der Waals surface area contributed by atoms with Crippen molar-refractivity contribution >= 4 is 47.6 Å². The Morgan fingerprint density at radius 1 is 1.38 bits per heavy atom. The van der Waals surface area contributed by atoms with Gasteiger partial charge >= 0.3 is 0 Å². The van der Waals surface area contributed by atoms with E-state index < -0.39 is 0 Å². The van der Waals surface area contributed by atoms with Crippen molar-refractivity contribution in [3.8, 4) is 0 Å². The number of guanidine groups is 1. The summed E-state index contributed by atoms with van der Waals surface area (Å²) in [4.78, 5) is 20.5. The monoisotopic (exact) mass is 498 g/mol. The van der Waals surface area contributed by atoms with Crippen molar-refractivity contribution < 1.29 is 9.53 Å². The minimum atomic E-state index is 0. The van der Waals surface area contributed by atoms with Gasteiger partial charge in [-0.1, -0.05) is 13.8 Å². The number of thioether (sulfide) groups is 1. The largest absolute Gasteiger partial charge is 0.376 e. The SMILES string of the molecule is CC(C)C1CN(C(=NCC(=O)N(C)C)NCC2CCCCO2)CCS1.I. The molecule has 1 amide bonds. The lowest BCUT2D eigenvalue weighted by Crippen LogP contribution is -2.51. The minimum absolute atomic E-state index is 0. The highest BCUT2D eigenvalue weighted by atomic mass is 127. The summed E-state index contributed by atoms with van der Waals surface area (Å²) in [6.07, 6.45) is 3.74. The van der Waals surface area contributed by atoms with E-state index in [1.54, 1.807) is 19.0 Å². The van der Waals surface area contributed by atoms with E-state index in [2.05, 4.69) is 29.1 Å². The van der Waals surface area contributed by atoms with Crippen LogP contribution in [0.1, 0.15) is 33.1 Å². The molecule has 0 radical (unpaired) electrons. The zero-order chi connectivity index (χ0) is 18.2. The van der Waals surface area contributed by atoms with Crippen LogP contribution in [0.2, 0.25) is 0 Å². The van der Waals surface area contributed by atoms with Gasteiger partial charge in [0, 0.05) is 51.3 Å². The summed E-state index contributed by atoms with van der Waals surface area (Å²) >= 11 is 2.04. The van der Waals surface area contributed by atoms with Gasteiger partial charge in [-0.25, -0.2) is 4.99 Å². The number of carbonyl (C=O) groups excluding carboxylic acids is 1. The number of rotatable bonds is 5. The maximum absolute atomic E-state index is 12.0. The summed E-state index contributed by atoms with van der Waals surface area (Å²) < 4.78 is 5.82. The van der Waals surface area contributed by atoms with Crippen molar-refractivity contribution in [3.05, 3.63) is 0 Å². The van der Waals surface area contributed by atoms with Gasteiger partial charge in [-0.2, -0.15) is 11.8 Å². The number of hydrogen-bond acceptors (Lipinski definition) is 4. The van der Waals surface area contributed by atoms with Gasteiger partial charge < -0.3 is 19.9 Å². The van der Waals surface area contributed by atoms with Gasteiger partial charge in [0.15, 0.2) is 5.96 Å². The van der Waals surface area contributed by atoms with Crippen molar-refractivity contribution in [2.45, 2.75) is 44.5 Å². The number of nitrogens with zero attached hydrogens (tertiary/aromatic N) is 3. The molecule has 0 saturated carbocycles. The fourth-order valence-electron chi connectivity index (χ4n) is 3.00. The lowest BCUT2D eigenvalue weighted by atomic mass is 10.1. The Balaban J connectivity index is 0.00000338. The molecule has 2 saturated heterocycles. The first kappa shape index (κ1) is 23.8. The summed E-state index contributed by atoms with van der Waals surface area (Å²) in [5.74, 6) is 2.62. The number of amides is 1. The van der Waals surface area contributed by atoms with Crippen LogP contribution in [-0.2, 0) is 9.53 Å². The second-order valence-corrected chi connectivity index (χ2v) is 8.74. The molecule has 26 heavy (non-hydrogen) atoms. The molecule has 2 unspecified atom stereocenters. The molecular weight excluding hydrogens is 463 g/mol. The van der Waals surface area contributed by atoms with Crippen LogP contribution < -0.4 is 5.32 Å². The fraction of sp³-hybridized carbons (Fsp3) is 0.889. The molecule has 2 heterocycles. The maximum Gasteiger partial charge on any atom is 0.243 e. The van der Waals surface area contributed by atoms with Crippen LogP contribution in [0.5, 0.6) is 0 Å². The van der Waals surface area contributed by atoms with Crippen LogP contribution in [0.3, 0.4) is 0 Å². The first-order chi connectivity index (χ1) is 12.0. The number of halogens is 1. The summed E-state index contributed by atoms with van der Waals surface area (Å²) in [6, 6.07) is 0. The number of nitrogens with one attached hydrogen (secondary N) is 1. The van der Waals surface area contributed by atoms with Gasteiger partial charge in [-0.15, -0.1) is 24.0 Å². The fourth-order valence-corrected chi connectivity index (χ4v) is 4.30. The molecule has 2 aliphatic heterocycles. The third-order valence-electron chi connectivity index (χ3n) is 4.76. The number of ether oxygens (including phenoxy) is 1. The van der Waals surface area contributed by atoms with Crippen molar-refractivity contribution in [1.29, 1.82) is 0 Å². The van der Waals surface area contributed by atoms with E-state index in [1.165, 1.54) is 6.42 Å². The number of aliphatic imine (C=N–C) groups is 1. The van der Waals surface area contributed by atoms with Crippen LogP contribution >= 0.6 is 35.7 Å². The molecule has 2 atom stereocenters. The highest BCUT2D eigenvalue weighted by molar-refractivity contribution is 14.0. The summed E-state index contributed by atoms with van der Waals surface area (Å²) in [5.41, 5.74) is 0. The van der Waals surface area contributed by atoms with Crippen molar-refractivity contribution in [2.24, 2.45) is 10.9 Å². The molecule has 8 heteroatoms. The highest BCUT2D eigenvalue weighted by Gasteiger charge is 2.26. The number of hydrogen-bond donors (Lipinski definition) is 1. The molecule has 0 aromatic carbocycles.